The molecule has 0 radical (unpaired) electrons. The van der Waals surface area contributed by atoms with Crippen LogP contribution in [0.25, 0.3) is 11.0 Å². The topological polar surface area (TPSA) is 80.0 Å². The van der Waals surface area contributed by atoms with E-state index in [4.69, 9.17) is 0 Å². The third-order valence-corrected chi connectivity index (χ3v) is 4.68. The van der Waals surface area contributed by atoms with Crippen LogP contribution in [-0.2, 0) is 13.0 Å². The van der Waals surface area contributed by atoms with E-state index < -0.39 is 5.91 Å². The Morgan fingerprint density at radius 3 is 2.71 bits per heavy atom. The van der Waals surface area contributed by atoms with Crippen LogP contribution in [-0.4, -0.2) is 25.5 Å². The van der Waals surface area contributed by atoms with Crippen molar-refractivity contribution in [1.29, 1.82) is 0 Å². The van der Waals surface area contributed by atoms with Crippen molar-refractivity contribution in [2.24, 2.45) is 0 Å². The number of aromatic hydroxyl groups is 1. The number of imidazole rings is 1. The van der Waals surface area contributed by atoms with Crippen molar-refractivity contribution in [3.8, 4) is 5.75 Å². The van der Waals surface area contributed by atoms with Gasteiger partial charge >= 0.3 is 0 Å². The molecule has 0 aliphatic rings. The predicted octanol–water partition coefficient (Wildman–Crippen LogP) is 3.94. The van der Waals surface area contributed by atoms with Gasteiger partial charge in [-0.15, -0.1) is 0 Å². The van der Waals surface area contributed by atoms with Crippen LogP contribution in [0.4, 0.5) is 5.95 Å². The first kappa shape index (κ1) is 17.7. The molecule has 0 unspecified atom stereocenters. The molecule has 0 saturated carbocycles. The maximum absolute atomic E-state index is 12.8. The number of aromatic nitrogens is 3. The first-order valence-electron chi connectivity index (χ1n) is 9.08. The normalized spacial score (nSPS) is 10.9. The summed E-state index contributed by atoms with van der Waals surface area (Å²) in [6.07, 6.45) is 2.48. The van der Waals surface area contributed by atoms with Gasteiger partial charge in [-0.3, -0.25) is 15.1 Å². The third kappa shape index (κ3) is 3.44. The molecule has 6 heteroatoms. The molecule has 0 spiro atoms. The smallest absolute Gasteiger partial charge is 0.261 e. The van der Waals surface area contributed by atoms with E-state index in [0.29, 0.717) is 24.5 Å². The number of nitrogens with one attached hydrogen (secondary N) is 1. The number of nitrogens with zero attached hydrogens (tertiary/aromatic N) is 3. The van der Waals surface area contributed by atoms with Gasteiger partial charge in [-0.25, -0.2) is 4.98 Å². The average Bonchev–Trinajstić information content (AvgIpc) is 3.06. The molecule has 2 aromatic heterocycles. The summed E-state index contributed by atoms with van der Waals surface area (Å²) in [5.41, 5.74) is 3.57. The Morgan fingerprint density at radius 2 is 1.89 bits per heavy atom. The fourth-order valence-electron chi connectivity index (χ4n) is 3.18. The Kier molecular flexibility index (Phi) is 4.76. The predicted molar refractivity (Wildman–Crippen MR) is 108 cm³/mol. The van der Waals surface area contributed by atoms with Crippen molar-refractivity contribution >= 4 is 22.9 Å². The number of aryl methyl sites for hydroxylation is 3. The van der Waals surface area contributed by atoms with Gasteiger partial charge in [0, 0.05) is 24.9 Å². The summed E-state index contributed by atoms with van der Waals surface area (Å²) < 4.78 is 1.97. The van der Waals surface area contributed by atoms with Crippen LogP contribution >= 0.6 is 0 Å². The van der Waals surface area contributed by atoms with Crippen molar-refractivity contribution in [2.45, 2.75) is 19.9 Å². The van der Waals surface area contributed by atoms with Gasteiger partial charge in [0.1, 0.15) is 5.75 Å². The number of amides is 1. The number of pyridine rings is 1. The van der Waals surface area contributed by atoms with Crippen molar-refractivity contribution in [3.05, 3.63) is 83.7 Å². The van der Waals surface area contributed by atoms with Gasteiger partial charge in [0.25, 0.3) is 5.91 Å². The van der Waals surface area contributed by atoms with Crippen LogP contribution in [0.1, 0.15) is 21.6 Å². The molecule has 2 aromatic carbocycles. The Balaban J connectivity index is 1.66. The van der Waals surface area contributed by atoms with Crippen molar-refractivity contribution in [3.63, 3.8) is 0 Å². The number of anilines is 1. The molecule has 0 atom stereocenters. The monoisotopic (exact) mass is 372 g/mol. The fourth-order valence-corrected chi connectivity index (χ4v) is 3.18. The van der Waals surface area contributed by atoms with Gasteiger partial charge in [-0.1, -0.05) is 30.3 Å². The molecule has 0 aliphatic heterocycles. The van der Waals surface area contributed by atoms with E-state index in [2.05, 4.69) is 15.3 Å². The highest BCUT2D eigenvalue weighted by Gasteiger charge is 2.17. The molecule has 0 bridgehead atoms. The molecule has 2 N–H and O–H groups in total. The molecule has 0 saturated heterocycles. The highest BCUT2D eigenvalue weighted by Crippen LogP contribution is 2.24. The van der Waals surface area contributed by atoms with Gasteiger partial charge in [-0.2, -0.15) is 0 Å². The zero-order valence-electron chi connectivity index (χ0n) is 15.5. The first-order chi connectivity index (χ1) is 13.6. The molecule has 28 heavy (non-hydrogen) atoms. The number of carbonyl (C=O) groups excluding carboxylic acids is 1. The standard InChI is InChI=1S/C22H20N4O2/c1-15-7-6-9-17(20(15)27)21(28)25-22-24-18-10-2-3-11-19(18)26(22)14-12-16-8-4-5-13-23-16/h2-11,13,27H,12,14H2,1H3,(H,24,25,28). The summed E-state index contributed by atoms with van der Waals surface area (Å²) in [7, 11) is 0. The Labute approximate surface area is 162 Å². The van der Waals surface area contributed by atoms with E-state index in [1.54, 1.807) is 31.3 Å². The average molecular weight is 372 g/mol. The number of phenolic OH excluding ortho intramolecular Hbond substituents is 1. The molecular formula is C22H20N4O2. The summed E-state index contributed by atoms with van der Waals surface area (Å²) in [6, 6.07) is 18.7. The zero-order chi connectivity index (χ0) is 19.5. The maximum Gasteiger partial charge on any atom is 0.261 e. The van der Waals surface area contributed by atoms with E-state index in [0.717, 1.165) is 16.7 Å². The third-order valence-electron chi connectivity index (χ3n) is 4.68. The molecule has 0 aliphatic carbocycles. The minimum absolute atomic E-state index is 0.0175. The lowest BCUT2D eigenvalue weighted by Gasteiger charge is -2.11. The molecule has 4 rings (SSSR count). The summed E-state index contributed by atoms with van der Waals surface area (Å²) in [5.74, 6) is 0.0368. The Bertz CT molecular complexity index is 1140. The molecule has 6 nitrogen and oxygen atoms in total. The summed E-state index contributed by atoms with van der Waals surface area (Å²) in [4.78, 5) is 21.7. The van der Waals surface area contributed by atoms with Crippen LogP contribution < -0.4 is 5.32 Å². The second-order valence-electron chi connectivity index (χ2n) is 6.57. The van der Waals surface area contributed by atoms with Gasteiger partial charge in [0.05, 0.1) is 16.6 Å². The van der Waals surface area contributed by atoms with Crippen LogP contribution in [0, 0.1) is 6.92 Å². The van der Waals surface area contributed by atoms with Crippen molar-refractivity contribution in [2.75, 3.05) is 5.32 Å². The number of hydrogen-bond acceptors (Lipinski definition) is 4. The second kappa shape index (κ2) is 7.52. The minimum atomic E-state index is -0.393. The molecule has 140 valence electrons. The molecule has 4 aromatic rings. The van der Waals surface area contributed by atoms with Crippen molar-refractivity contribution < 1.29 is 9.90 Å². The number of rotatable bonds is 5. The number of fused-ring (bicyclic) bond motifs is 1. The fraction of sp³-hybridized carbons (Fsp3) is 0.136. The van der Waals surface area contributed by atoms with Gasteiger partial charge in [0.15, 0.2) is 0 Å². The van der Waals surface area contributed by atoms with Crippen molar-refractivity contribution in [1.82, 2.24) is 14.5 Å². The number of para-hydroxylation sites is 3. The van der Waals surface area contributed by atoms with Gasteiger partial charge in [0.2, 0.25) is 5.95 Å². The maximum atomic E-state index is 12.8. The summed E-state index contributed by atoms with van der Waals surface area (Å²) in [5, 5.41) is 13.1. The summed E-state index contributed by atoms with van der Waals surface area (Å²) >= 11 is 0. The minimum Gasteiger partial charge on any atom is -0.507 e. The highest BCUT2D eigenvalue weighted by molar-refractivity contribution is 6.06. The van der Waals surface area contributed by atoms with Crippen LogP contribution in [0.15, 0.2) is 66.9 Å². The molecule has 1 amide bonds. The number of phenols is 1. The number of carbonyl (C=O) groups is 1. The largest absolute Gasteiger partial charge is 0.507 e. The van der Waals surface area contributed by atoms with E-state index in [1.807, 2.05) is 47.0 Å². The quantitative estimate of drug-likeness (QED) is 0.556. The lowest BCUT2D eigenvalue weighted by molar-refractivity contribution is 0.102. The van der Waals surface area contributed by atoms with Gasteiger partial charge in [-0.05, 0) is 42.8 Å². The number of hydrogen-bond donors (Lipinski definition) is 2. The Morgan fingerprint density at radius 1 is 1.07 bits per heavy atom. The first-order valence-corrected chi connectivity index (χ1v) is 9.08. The Hall–Kier alpha value is -3.67. The molecule has 2 heterocycles. The van der Waals surface area contributed by atoms with Crippen LogP contribution in [0.5, 0.6) is 5.75 Å². The lowest BCUT2D eigenvalue weighted by atomic mass is 10.1. The van der Waals surface area contributed by atoms with E-state index in [-0.39, 0.29) is 11.3 Å². The second-order valence-corrected chi connectivity index (χ2v) is 6.57. The summed E-state index contributed by atoms with van der Waals surface area (Å²) in [6.45, 7) is 2.38. The zero-order valence-corrected chi connectivity index (χ0v) is 15.5. The lowest BCUT2D eigenvalue weighted by Crippen LogP contribution is -2.17. The number of benzene rings is 2. The van der Waals surface area contributed by atoms with E-state index >= 15 is 0 Å². The highest BCUT2D eigenvalue weighted by atomic mass is 16.3. The van der Waals surface area contributed by atoms with Crippen LogP contribution in [0.2, 0.25) is 0 Å². The SMILES string of the molecule is Cc1cccc(C(=O)Nc2nc3ccccc3n2CCc2ccccn2)c1O. The molecular weight excluding hydrogens is 352 g/mol. The van der Waals surface area contributed by atoms with Gasteiger partial charge < -0.3 is 9.67 Å². The molecule has 0 fully saturated rings. The van der Waals surface area contributed by atoms with E-state index in [9.17, 15) is 9.90 Å². The van der Waals surface area contributed by atoms with Crippen LogP contribution in [0.3, 0.4) is 0 Å². The van der Waals surface area contributed by atoms with E-state index in [1.165, 1.54) is 0 Å².